The molecule has 0 heterocycles. The number of thioether (sulfide) groups is 1. The Morgan fingerprint density at radius 3 is 2.86 bits per heavy atom. The van der Waals surface area contributed by atoms with E-state index in [0.29, 0.717) is 19.7 Å². The Morgan fingerprint density at radius 1 is 1.41 bits per heavy atom. The fourth-order valence-corrected chi connectivity index (χ4v) is 2.73. The molecule has 0 aromatic heterocycles. The number of ether oxygens (including phenoxy) is 1. The van der Waals surface area contributed by atoms with E-state index in [9.17, 15) is 4.79 Å². The van der Waals surface area contributed by atoms with Crippen molar-refractivity contribution in [1.29, 1.82) is 0 Å². The minimum atomic E-state index is 0. The van der Waals surface area contributed by atoms with Gasteiger partial charge in [0.25, 0.3) is 0 Å². The number of hydrogen-bond acceptors (Lipinski definition) is 4. The van der Waals surface area contributed by atoms with Gasteiger partial charge in [-0.2, -0.15) is 11.8 Å². The molecule has 0 aliphatic rings. The third kappa shape index (κ3) is 9.56. The zero-order valence-electron chi connectivity index (χ0n) is 12.9. The molecular weight excluding hydrogens is 388 g/mol. The summed E-state index contributed by atoms with van der Waals surface area (Å²) < 4.78 is 6.66. The van der Waals surface area contributed by atoms with E-state index in [0.717, 1.165) is 21.7 Å². The standard InChI is InChI=1S/C15H23BrN2O2S.ClH/c1-12(11-17-2)15(19)18-6-8-21-9-7-20-14-5-3-4-13(16)10-14;/h3-5,10,12,17H,6-9,11H2,1-2H3,(H,18,19);1H. The lowest BCUT2D eigenvalue weighted by Crippen LogP contribution is -2.35. The lowest BCUT2D eigenvalue weighted by molar-refractivity contribution is -0.124. The normalized spacial score (nSPS) is 11.4. The first-order valence-corrected chi connectivity index (χ1v) is 8.96. The highest BCUT2D eigenvalue weighted by molar-refractivity contribution is 9.10. The van der Waals surface area contributed by atoms with E-state index < -0.39 is 0 Å². The minimum absolute atomic E-state index is 0. The Bertz CT molecular complexity index is 438. The SMILES string of the molecule is CNCC(C)C(=O)NCCSCCOc1cccc(Br)c1.Cl. The summed E-state index contributed by atoms with van der Waals surface area (Å²) >= 11 is 5.19. The van der Waals surface area contributed by atoms with Crippen LogP contribution in [0.4, 0.5) is 0 Å². The van der Waals surface area contributed by atoms with Crippen molar-refractivity contribution in [2.24, 2.45) is 5.92 Å². The predicted octanol–water partition coefficient (Wildman–Crippen LogP) is 2.95. The van der Waals surface area contributed by atoms with Gasteiger partial charge in [-0.15, -0.1) is 12.4 Å². The summed E-state index contributed by atoms with van der Waals surface area (Å²) in [5, 5.41) is 5.94. The monoisotopic (exact) mass is 410 g/mol. The topological polar surface area (TPSA) is 50.4 Å². The number of carbonyl (C=O) groups is 1. The first kappa shape index (κ1) is 21.6. The molecule has 4 nitrogen and oxygen atoms in total. The van der Waals surface area contributed by atoms with Crippen molar-refractivity contribution in [3.05, 3.63) is 28.7 Å². The molecule has 0 bridgehead atoms. The number of carbonyl (C=O) groups excluding carboxylic acids is 1. The van der Waals surface area contributed by atoms with Gasteiger partial charge in [0.2, 0.25) is 5.91 Å². The van der Waals surface area contributed by atoms with Gasteiger partial charge in [0.05, 0.1) is 6.61 Å². The number of amides is 1. The summed E-state index contributed by atoms with van der Waals surface area (Å²) in [4.78, 5) is 11.6. The summed E-state index contributed by atoms with van der Waals surface area (Å²) in [6.07, 6.45) is 0. The molecule has 0 radical (unpaired) electrons. The van der Waals surface area contributed by atoms with E-state index in [1.807, 2.05) is 38.2 Å². The zero-order chi connectivity index (χ0) is 15.5. The van der Waals surface area contributed by atoms with E-state index in [2.05, 4.69) is 26.6 Å². The molecule has 126 valence electrons. The van der Waals surface area contributed by atoms with Crippen LogP contribution in [0.15, 0.2) is 28.7 Å². The fourth-order valence-electron chi connectivity index (χ4n) is 1.70. The quantitative estimate of drug-likeness (QED) is 0.581. The zero-order valence-corrected chi connectivity index (χ0v) is 16.2. The van der Waals surface area contributed by atoms with Gasteiger partial charge < -0.3 is 15.4 Å². The summed E-state index contributed by atoms with van der Waals surface area (Å²) in [5.41, 5.74) is 0. The molecule has 0 fully saturated rings. The van der Waals surface area contributed by atoms with Crippen LogP contribution in [-0.2, 0) is 4.79 Å². The number of rotatable bonds is 10. The van der Waals surface area contributed by atoms with Gasteiger partial charge in [0.1, 0.15) is 5.75 Å². The molecule has 7 heteroatoms. The first-order chi connectivity index (χ1) is 10.1. The van der Waals surface area contributed by atoms with E-state index in [1.165, 1.54) is 0 Å². The molecule has 22 heavy (non-hydrogen) atoms. The van der Waals surface area contributed by atoms with Crippen molar-refractivity contribution in [1.82, 2.24) is 10.6 Å². The largest absolute Gasteiger partial charge is 0.493 e. The van der Waals surface area contributed by atoms with Crippen LogP contribution in [0.3, 0.4) is 0 Å². The summed E-state index contributed by atoms with van der Waals surface area (Å²) in [7, 11) is 1.85. The van der Waals surface area contributed by atoms with Crippen molar-refractivity contribution in [3.63, 3.8) is 0 Å². The highest BCUT2D eigenvalue weighted by atomic mass is 79.9. The van der Waals surface area contributed by atoms with Crippen LogP contribution in [0.2, 0.25) is 0 Å². The number of nitrogens with one attached hydrogen (secondary N) is 2. The van der Waals surface area contributed by atoms with Crippen LogP contribution in [0.25, 0.3) is 0 Å². The molecule has 1 amide bonds. The Balaban J connectivity index is 0.00000441. The summed E-state index contributed by atoms with van der Waals surface area (Å²) in [6, 6.07) is 7.82. The minimum Gasteiger partial charge on any atom is -0.493 e. The predicted molar refractivity (Wildman–Crippen MR) is 100 cm³/mol. The maximum Gasteiger partial charge on any atom is 0.224 e. The lowest BCUT2D eigenvalue weighted by atomic mass is 10.1. The average molecular weight is 412 g/mol. The smallest absolute Gasteiger partial charge is 0.224 e. The van der Waals surface area contributed by atoms with Crippen LogP contribution in [-0.4, -0.2) is 44.2 Å². The summed E-state index contributed by atoms with van der Waals surface area (Å²) in [6.45, 7) is 4.00. The van der Waals surface area contributed by atoms with Crippen LogP contribution >= 0.6 is 40.1 Å². The molecule has 0 aliphatic carbocycles. The van der Waals surface area contributed by atoms with Gasteiger partial charge in [0, 0.05) is 35.0 Å². The molecular formula is C15H24BrClN2O2S. The number of benzene rings is 1. The Morgan fingerprint density at radius 2 is 2.18 bits per heavy atom. The van der Waals surface area contributed by atoms with E-state index in [4.69, 9.17) is 4.74 Å². The van der Waals surface area contributed by atoms with Gasteiger partial charge in [-0.05, 0) is 25.2 Å². The molecule has 1 rings (SSSR count). The van der Waals surface area contributed by atoms with E-state index >= 15 is 0 Å². The van der Waals surface area contributed by atoms with Gasteiger partial charge >= 0.3 is 0 Å². The van der Waals surface area contributed by atoms with Crippen LogP contribution in [0.1, 0.15) is 6.92 Å². The van der Waals surface area contributed by atoms with E-state index in [1.54, 1.807) is 11.8 Å². The first-order valence-electron chi connectivity index (χ1n) is 7.02. The van der Waals surface area contributed by atoms with Crippen molar-refractivity contribution < 1.29 is 9.53 Å². The fraction of sp³-hybridized carbons (Fsp3) is 0.533. The molecule has 1 aromatic carbocycles. The molecule has 1 unspecified atom stereocenters. The molecule has 0 saturated heterocycles. The van der Waals surface area contributed by atoms with E-state index in [-0.39, 0.29) is 24.2 Å². The molecule has 0 aliphatic heterocycles. The highest BCUT2D eigenvalue weighted by Crippen LogP contribution is 2.17. The number of halogens is 2. The van der Waals surface area contributed by atoms with Gasteiger partial charge in [-0.3, -0.25) is 4.79 Å². The van der Waals surface area contributed by atoms with Crippen molar-refractivity contribution in [2.45, 2.75) is 6.92 Å². The molecule has 0 saturated carbocycles. The van der Waals surface area contributed by atoms with Crippen molar-refractivity contribution >= 4 is 46.0 Å². The van der Waals surface area contributed by atoms with Crippen LogP contribution in [0.5, 0.6) is 5.75 Å². The van der Waals surface area contributed by atoms with Crippen molar-refractivity contribution in [3.8, 4) is 5.75 Å². The molecule has 0 spiro atoms. The Kier molecular flexibility index (Phi) is 12.8. The van der Waals surface area contributed by atoms with Gasteiger partial charge in [0.15, 0.2) is 0 Å². The van der Waals surface area contributed by atoms with Crippen LogP contribution < -0.4 is 15.4 Å². The lowest BCUT2D eigenvalue weighted by Gasteiger charge is -2.11. The van der Waals surface area contributed by atoms with Crippen molar-refractivity contribution in [2.75, 3.05) is 38.2 Å². The van der Waals surface area contributed by atoms with Gasteiger partial charge in [-0.1, -0.05) is 28.9 Å². The summed E-state index contributed by atoms with van der Waals surface area (Å²) in [5.74, 6) is 2.81. The average Bonchev–Trinajstić information content (AvgIpc) is 2.46. The number of hydrogen-bond donors (Lipinski definition) is 2. The third-order valence-electron chi connectivity index (χ3n) is 2.80. The third-order valence-corrected chi connectivity index (χ3v) is 4.24. The second-order valence-electron chi connectivity index (χ2n) is 4.67. The maximum atomic E-state index is 11.6. The Labute approximate surface area is 151 Å². The molecule has 1 atom stereocenters. The second-order valence-corrected chi connectivity index (χ2v) is 6.81. The van der Waals surface area contributed by atoms with Crippen LogP contribution in [0, 0.1) is 5.92 Å². The highest BCUT2D eigenvalue weighted by Gasteiger charge is 2.10. The maximum absolute atomic E-state index is 11.6. The second kappa shape index (κ2) is 13.0. The Hall–Kier alpha value is -0.430. The van der Waals surface area contributed by atoms with Gasteiger partial charge in [-0.25, -0.2) is 0 Å². The molecule has 1 aromatic rings. The molecule has 2 N–H and O–H groups in total.